The van der Waals surface area contributed by atoms with Crippen molar-refractivity contribution in [2.75, 3.05) is 25.0 Å². The number of benzene rings is 3. The zero-order valence-corrected chi connectivity index (χ0v) is 23.5. The molecule has 1 atom stereocenters. The molecule has 1 unspecified atom stereocenters. The maximum absolute atomic E-state index is 13.5. The van der Waals surface area contributed by atoms with Crippen molar-refractivity contribution < 1.29 is 9.18 Å². The molecule has 5 nitrogen and oxygen atoms in total. The molecule has 1 aliphatic rings. The van der Waals surface area contributed by atoms with Gasteiger partial charge in [-0.25, -0.2) is 9.18 Å². The summed E-state index contributed by atoms with van der Waals surface area (Å²) in [5, 5.41) is 6.47. The number of aromatic nitrogens is 1. The Morgan fingerprint density at radius 2 is 1.77 bits per heavy atom. The minimum absolute atomic E-state index is 0.0338. The number of hydrogen-bond donors (Lipinski definition) is 2. The maximum Gasteiger partial charge on any atom is 0.319 e. The van der Waals surface area contributed by atoms with Crippen molar-refractivity contribution in [1.82, 2.24) is 15.2 Å². The van der Waals surface area contributed by atoms with Crippen molar-refractivity contribution in [2.45, 2.75) is 25.3 Å². The van der Waals surface area contributed by atoms with Crippen molar-refractivity contribution >= 4 is 34.9 Å². The highest BCUT2D eigenvalue weighted by atomic mass is 35.5. The van der Waals surface area contributed by atoms with Crippen molar-refractivity contribution in [2.24, 2.45) is 5.92 Å². The first kappa shape index (κ1) is 28.1. The lowest BCUT2D eigenvalue weighted by atomic mass is 9.79. The third-order valence-corrected chi connectivity index (χ3v) is 8.01. The van der Waals surface area contributed by atoms with Crippen LogP contribution in [0.3, 0.4) is 0 Å². The topological polar surface area (TPSA) is 57.3 Å². The number of rotatable bonds is 8. The summed E-state index contributed by atoms with van der Waals surface area (Å²) in [5.41, 5.74) is 5.00. The Kier molecular flexibility index (Phi) is 9.32. The Morgan fingerprint density at radius 3 is 2.48 bits per heavy atom. The maximum atomic E-state index is 13.5. The third-order valence-electron chi connectivity index (χ3n) is 7.49. The zero-order chi connectivity index (χ0) is 27.9. The second-order valence-corrected chi connectivity index (χ2v) is 11.0. The van der Waals surface area contributed by atoms with Gasteiger partial charge in [-0.15, -0.1) is 0 Å². The molecule has 0 saturated carbocycles. The second kappa shape index (κ2) is 13.3. The van der Waals surface area contributed by atoms with Gasteiger partial charge in [0.1, 0.15) is 5.82 Å². The number of urea groups is 1. The molecular weight excluding hydrogens is 546 g/mol. The normalized spacial score (nSPS) is 15.0. The highest BCUT2D eigenvalue weighted by Crippen LogP contribution is 2.34. The molecule has 0 spiro atoms. The molecule has 2 heterocycles. The number of amides is 2. The lowest BCUT2D eigenvalue weighted by Crippen LogP contribution is -2.39. The van der Waals surface area contributed by atoms with Crippen LogP contribution in [0.25, 0.3) is 11.1 Å². The fourth-order valence-corrected chi connectivity index (χ4v) is 5.73. The molecule has 5 rings (SSSR count). The van der Waals surface area contributed by atoms with Crippen LogP contribution in [0.2, 0.25) is 10.0 Å². The summed E-state index contributed by atoms with van der Waals surface area (Å²) in [6.07, 6.45) is 5.77. The quantitative estimate of drug-likeness (QED) is 0.223. The van der Waals surface area contributed by atoms with E-state index in [4.69, 9.17) is 23.2 Å². The number of anilines is 1. The molecule has 0 radical (unpaired) electrons. The van der Waals surface area contributed by atoms with Gasteiger partial charge in [-0.05, 0) is 90.5 Å². The van der Waals surface area contributed by atoms with Gasteiger partial charge >= 0.3 is 6.03 Å². The van der Waals surface area contributed by atoms with E-state index in [0.717, 1.165) is 43.6 Å². The molecule has 0 aliphatic carbocycles. The van der Waals surface area contributed by atoms with E-state index in [1.165, 1.54) is 29.3 Å². The molecule has 8 heteroatoms. The van der Waals surface area contributed by atoms with Gasteiger partial charge in [0.05, 0.1) is 5.02 Å². The fraction of sp³-hybridized carbons (Fsp3) is 0.250. The van der Waals surface area contributed by atoms with Crippen LogP contribution in [-0.4, -0.2) is 35.5 Å². The molecule has 206 valence electrons. The molecular formula is C32H31Cl2FN4O. The lowest BCUT2D eigenvalue weighted by molar-refractivity contribution is 0.160. The Morgan fingerprint density at radius 1 is 0.975 bits per heavy atom. The summed E-state index contributed by atoms with van der Waals surface area (Å²) in [5.74, 6) is 0.0167. The van der Waals surface area contributed by atoms with E-state index in [2.05, 4.69) is 50.8 Å². The van der Waals surface area contributed by atoms with Crippen molar-refractivity contribution in [3.8, 4) is 11.1 Å². The van der Waals surface area contributed by atoms with E-state index in [1.807, 2.05) is 36.5 Å². The predicted molar refractivity (Wildman–Crippen MR) is 160 cm³/mol. The van der Waals surface area contributed by atoms with E-state index in [9.17, 15) is 9.18 Å². The van der Waals surface area contributed by atoms with Gasteiger partial charge in [-0.2, -0.15) is 0 Å². The number of likely N-dealkylation sites (tertiary alicyclic amines) is 1. The number of nitrogens with one attached hydrogen (secondary N) is 2. The first-order valence-electron chi connectivity index (χ1n) is 13.4. The minimum atomic E-state index is -0.524. The van der Waals surface area contributed by atoms with E-state index in [-0.39, 0.29) is 17.0 Å². The fourth-order valence-electron chi connectivity index (χ4n) is 5.36. The first-order chi connectivity index (χ1) is 19.4. The van der Waals surface area contributed by atoms with Gasteiger partial charge in [0.25, 0.3) is 0 Å². The molecule has 40 heavy (non-hydrogen) atoms. The zero-order valence-electron chi connectivity index (χ0n) is 22.0. The summed E-state index contributed by atoms with van der Waals surface area (Å²) >= 11 is 12.1. The van der Waals surface area contributed by atoms with Gasteiger partial charge in [-0.1, -0.05) is 65.7 Å². The summed E-state index contributed by atoms with van der Waals surface area (Å²) < 4.78 is 13.5. The summed E-state index contributed by atoms with van der Waals surface area (Å²) in [6, 6.07) is 24.2. The molecule has 2 amide bonds. The average molecular weight is 578 g/mol. The Bertz CT molecular complexity index is 1430. The number of nitrogens with zero attached hydrogens (tertiary/aromatic N) is 2. The van der Waals surface area contributed by atoms with Gasteiger partial charge < -0.3 is 10.6 Å². The van der Waals surface area contributed by atoms with Crippen LogP contribution in [0.4, 0.5) is 14.9 Å². The van der Waals surface area contributed by atoms with E-state index in [1.54, 1.807) is 6.20 Å². The Hall–Kier alpha value is -3.45. The molecule has 3 aromatic carbocycles. The smallest absolute Gasteiger partial charge is 0.319 e. The number of carbonyl (C=O) groups excluding carboxylic acids is 1. The number of halogens is 3. The second-order valence-electron chi connectivity index (χ2n) is 10.2. The summed E-state index contributed by atoms with van der Waals surface area (Å²) in [6.45, 7) is 3.33. The first-order valence-corrected chi connectivity index (χ1v) is 14.2. The van der Waals surface area contributed by atoms with E-state index >= 15 is 0 Å². The van der Waals surface area contributed by atoms with Gasteiger partial charge in [0.15, 0.2) is 0 Å². The molecule has 0 bridgehead atoms. The van der Waals surface area contributed by atoms with E-state index < -0.39 is 5.82 Å². The van der Waals surface area contributed by atoms with Crippen LogP contribution in [0.5, 0.6) is 0 Å². The molecule has 1 saturated heterocycles. The van der Waals surface area contributed by atoms with Gasteiger partial charge in [0.2, 0.25) is 0 Å². The molecule has 4 aromatic rings. The van der Waals surface area contributed by atoms with Gasteiger partial charge in [-0.3, -0.25) is 9.88 Å². The summed E-state index contributed by atoms with van der Waals surface area (Å²) in [4.78, 5) is 19.5. The molecule has 1 aromatic heterocycles. The van der Waals surface area contributed by atoms with Crippen molar-refractivity contribution in [3.63, 3.8) is 0 Å². The highest BCUT2D eigenvalue weighted by Gasteiger charge is 2.28. The van der Waals surface area contributed by atoms with E-state index in [0.29, 0.717) is 23.2 Å². The monoisotopic (exact) mass is 576 g/mol. The van der Waals surface area contributed by atoms with Crippen LogP contribution in [0.1, 0.15) is 29.9 Å². The van der Waals surface area contributed by atoms with Crippen molar-refractivity contribution in [1.29, 1.82) is 0 Å². The van der Waals surface area contributed by atoms with Crippen LogP contribution < -0.4 is 10.6 Å². The Labute approximate surface area is 244 Å². The highest BCUT2D eigenvalue weighted by molar-refractivity contribution is 6.31. The summed E-state index contributed by atoms with van der Waals surface area (Å²) in [7, 11) is 0. The minimum Gasteiger partial charge on any atom is -0.337 e. The predicted octanol–water partition coefficient (Wildman–Crippen LogP) is 8.01. The molecule has 2 N–H and O–H groups in total. The van der Waals surface area contributed by atoms with Crippen LogP contribution in [-0.2, 0) is 6.54 Å². The number of hydrogen-bond acceptors (Lipinski definition) is 3. The largest absolute Gasteiger partial charge is 0.337 e. The molecule has 1 aliphatic heterocycles. The van der Waals surface area contributed by atoms with Crippen LogP contribution in [0.15, 0.2) is 91.3 Å². The average Bonchev–Trinajstić information content (AvgIpc) is 2.97. The number of pyridine rings is 1. The van der Waals surface area contributed by atoms with Crippen molar-refractivity contribution in [3.05, 3.63) is 118 Å². The number of piperidine rings is 1. The van der Waals surface area contributed by atoms with Crippen LogP contribution >= 0.6 is 23.2 Å². The van der Waals surface area contributed by atoms with Gasteiger partial charge in [0, 0.05) is 42.1 Å². The third kappa shape index (κ3) is 7.39. The molecule has 1 fully saturated rings. The SMILES string of the molecule is O=C(NCC(c1ccc(-c2cccc(Cl)c2)cc1)C1CCN(Cc2cccnc2)CC1)Nc1ccc(F)c(Cl)c1. The van der Waals surface area contributed by atoms with Crippen LogP contribution in [0, 0.1) is 11.7 Å². The Balaban J connectivity index is 1.28. The number of carbonyl (C=O) groups is 1. The lowest BCUT2D eigenvalue weighted by Gasteiger charge is -2.36. The standard InChI is InChI=1S/C32H31Cl2FN4O/c33-27-5-1-4-26(17-27)23-6-8-24(9-7-23)29(20-37-32(40)38-28-10-11-31(35)30(34)18-28)25-12-15-39(16-13-25)21-22-3-2-14-36-19-22/h1-11,14,17-19,25,29H,12-13,15-16,20-21H2,(H2,37,38,40).